The van der Waals surface area contributed by atoms with E-state index in [2.05, 4.69) is 10.6 Å². The second-order valence-corrected chi connectivity index (χ2v) is 6.18. The van der Waals surface area contributed by atoms with Crippen LogP contribution in [0.4, 0.5) is 5.69 Å². The van der Waals surface area contributed by atoms with Gasteiger partial charge in [0.1, 0.15) is 0 Å². The van der Waals surface area contributed by atoms with Crippen LogP contribution in [0, 0.1) is 6.92 Å². The van der Waals surface area contributed by atoms with Crippen molar-refractivity contribution < 1.29 is 8.42 Å². The standard InChI is InChI=1S/C12H19N3O2S/c1-9-11(15-8-10-4-3-7-14-10)5-2-6-12(9)18(13,16)17/h2,5-6,10,14-15H,3-4,7-8H2,1H3,(H2,13,16,17). The summed E-state index contributed by atoms with van der Waals surface area (Å²) in [6.45, 7) is 3.63. The number of sulfonamides is 1. The molecule has 0 amide bonds. The number of benzene rings is 1. The third-order valence-electron chi connectivity index (χ3n) is 3.29. The lowest BCUT2D eigenvalue weighted by molar-refractivity contribution is 0.597. The molecule has 1 heterocycles. The van der Waals surface area contributed by atoms with E-state index in [0.717, 1.165) is 25.2 Å². The third kappa shape index (κ3) is 3.01. The molecule has 1 unspecified atom stereocenters. The second-order valence-electron chi connectivity index (χ2n) is 4.65. The largest absolute Gasteiger partial charge is 0.383 e. The SMILES string of the molecule is Cc1c(NCC2CCCN2)cccc1S(N)(=O)=O. The van der Waals surface area contributed by atoms with Crippen LogP contribution in [0.3, 0.4) is 0 Å². The highest BCUT2D eigenvalue weighted by molar-refractivity contribution is 7.89. The number of anilines is 1. The first-order chi connectivity index (χ1) is 8.48. The summed E-state index contributed by atoms with van der Waals surface area (Å²) in [5.41, 5.74) is 1.51. The molecule has 0 aliphatic carbocycles. The monoisotopic (exact) mass is 269 g/mol. The topological polar surface area (TPSA) is 84.2 Å². The van der Waals surface area contributed by atoms with Crippen molar-refractivity contribution in [3.8, 4) is 0 Å². The number of nitrogens with two attached hydrogens (primary N) is 1. The molecule has 0 aromatic heterocycles. The van der Waals surface area contributed by atoms with E-state index in [1.807, 2.05) is 6.07 Å². The lowest BCUT2D eigenvalue weighted by Gasteiger charge is -2.15. The molecular weight excluding hydrogens is 250 g/mol. The number of hydrogen-bond acceptors (Lipinski definition) is 4. The van der Waals surface area contributed by atoms with E-state index >= 15 is 0 Å². The van der Waals surface area contributed by atoms with E-state index in [1.165, 1.54) is 12.5 Å². The van der Waals surface area contributed by atoms with E-state index < -0.39 is 10.0 Å². The summed E-state index contributed by atoms with van der Waals surface area (Å²) in [4.78, 5) is 0.187. The van der Waals surface area contributed by atoms with Gasteiger partial charge in [0, 0.05) is 18.3 Å². The molecule has 1 aliphatic rings. The first-order valence-corrected chi connectivity index (χ1v) is 7.63. The Labute approximate surface area is 108 Å². The lowest BCUT2D eigenvalue weighted by atomic mass is 10.2. The zero-order valence-electron chi connectivity index (χ0n) is 10.4. The Morgan fingerprint density at radius 2 is 2.28 bits per heavy atom. The molecule has 100 valence electrons. The van der Waals surface area contributed by atoms with Gasteiger partial charge in [-0.25, -0.2) is 13.6 Å². The maximum atomic E-state index is 11.4. The van der Waals surface area contributed by atoms with Crippen molar-refractivity contribution in [3.05, 3.63) is 23.8 Å². The van der Waals surface area contributed by atoms with Gasteiger partial charge in [-0.2, -0.15) is 0 Å². The predicted molar refractivity (Wildman–Crippen MR) is 72.1 cm³/mol. The summed E-state index contributed by atoms with van der Waals surface area (Å²) in [5.74, 6) is 0. The number of hydrogen-bond donors (Lipinski definition) is 3. The molecule has 4 N–H and O–H groups in total. The lowest BCUT2D eigenvalue weighted by Crippen LogP contribution is -2.29. The number of primary sulfonamides is 1. The van der Waals surface area contributed by atoms with Crippen molar-refractivity contribution in [2.45, 2.75) is 30.7 Å². The zero-order valence-corrected chi connectivity index (χ0v) is 11.3. The van der Waals surface area contributed by atoms with Gasteiger partial charge in [-0.3, -0.25) is 0 Å². The Bertz CT molecular complexity index is 522. The molecule has 1 fully saturated rings. The van der Waals surface area contributed by atoms with Crippen LogP contribution < -0.4 is 15.8 Å². The number of nitrogens with one attached hydrogen (secondary N) is 2. The van der Waals surface area contributed by atoms with Crippen molar-refractivity contribution in [2.24, 2.45) is 5.14 Å². The van der Waals surface area contributed by atoms with E-state index in [1.54, 1.807) is 13.0 Å². The molecule has 0 spiro atoms. The van der Waals surface area contributed by atoms with Gasteiger partial charge < -0.3 is 10.6 Å². The van der Waals surface area contributed by atoms with Gasteiger partial charge in [-0.15, -0.1) is 0 Å². The van der Waals surface area contributed by atoms with E-state index in [0.29, 0.717) is 11.6 Å². The molecule has 5 nitrogen and oxygen atoms in total. The molecule has 1 saturated heterocycles. The van der Waals surface area contributed by atoms with Gasteiger partial charge in [0.05, 0.1) is 4.90 Å². The molecule has 1 aromatic rings. The molecule has 1 aliphatic heterocycles. The van der Waals surface area contributed by atoms with Crippen molar-refractivity contribution in [1.82, 2.24) is 5.32 Å². The fourth-order valence-electron chi connectivity index (χ4n) is 2.28. The van der Waals surface area contributed by atoms with Gasteiger partial charge in [0.2, 0.25) is 10.0 Å². The van der Waals surface area contributed by atoms with E-state index in [-0.39, 0.29) is 4.90 Å². The highest BCUT2D eigenvalue weighted by Crippen LogP contribution is 2.22. The van der Waals surface area contributed by atoms with Crippen LogP contribution in [0.25, 0.3) is 0 Å². The molecule has 6 heteroatoms. The molecular formula is C12H19N3O2S. The minimum Gasteiger partial charge on any atom is -0.383 e. The molecule has 1 aromatic carbocycles. The van der Waals surface area contributed by atoms with Gasteiger partial charge >= 0.3 is 0 Å². The number of rotatable bonds is 4. The summed E-state index contributed by atoms with van der Waals surface area (Å²) in [6, 6.07) is 5.57. The average molecular weight is 269 g/mol. The average Bonchev–Trinajstić information content (AvgIpc) is 2.79. The molecule has 18 heavy (non-hydrogen) atoms. The van der Waals surface area contributed by atoms with Crippen molar-refractivity contribution >= 4 is 15.7 Å². The van der Waals surface area contributed by atoms with Crippen molar-refractivity contribution in [1.29, 1.82) is 0 Å². The highest BCUT2D eigenvalue weighted by Gasteiger charge is 2.16. The van der Waals surface area contributed by atoms with Crippen LogP contribution in [0.2, 0.25) is 0 Å². The van der Waals surface area contributed by atoms with Crippen LogP contribution >= 0.6 is 0 Å². The fourth-order valence-corrected chi connectivity index (χ4v) is 3.08. The minimum atomic E-state index is -3.65. The minimum absolute atomic E-state index is 0.187. The molecule has 0 saturated carbocycles. The summed E-state index contributed by atoms with van der Waals surface area (Å²) >= 11 is 0. The van der Waals surface area contributed by atoms with Crippen molar-refractivity contribution in [3.63, 3.8) is 0 Å². The Kier molecular flexibility index (Phi) is 3.89. The third-order valence-corrected chi connectivity index (χ3v) is 4.35. The summed E-state index contributed by atoms with van der Waals surface area (Å²) in [7, 11) is -3.65. The highest BCUT2D eigenvalue weighted by atomic mass is 32.2. The van der Waals surface area contributed by atoms with Gasteiger partial charge in [0.25, 0.3) is 0 Å². The first-order valence-electron chi connectivity index (χ1n) is 6.08. The van der Waals surface area contributed by atoms with Crippen LogP contribution in [0.15, 0.2) is 23.1 Å². The normalized spacial score (nSPS) is 20.0. The van der Waals surface area contributed by atoms with Crippen LogP contribution in [-0.2, 0) is 10.0 Å². The fraction of sp³-hybridized carbons (Fsp3) is 0.500. The summed E-state index contributed by atoms with van der Waals surface area (Å²) in [6.07, 6.45) is 2.35. The second kappa shape index (κ2) is 5.26. The van der Waals surface area contributed by atoms with Crippen molar-refractivity contribution in [2.75, 3.05) is 18.4 Å². The summed E-state index contributed by atoms with van der Waals surface area (Å²) < 4.78 is 22.8. The first kappa shape index (κ1) is 13.3. The van der Waals surface area contributed by atoms with E-state index in [9.17, 15) is 8.42 Å². The Hall–Kier alpha value is -1.11. The van der Waals surface area contributed by atoms with Crippen LogP contribution in [0.5, 0.6) is 0 Å². The predicted octanol–water partition coefficient (Wildman–Crippen LogP) is 0.806. The molecule has 1 atom stereocenters. The van der Waals surface area contributed by atoms with Crippen LogP contribution in [0.1, 0.15) is 18.4 Å². The summed E-state index contributed by atoms with van der Waals surface area (Å²) in [5, 5.41) is 11.8. The maximum absolute atomic E-state index is 11.4. The van der Waals surface area contributed by atoms with Gasteiger partial charge in [-0.05, 0) is 44.0 Å². The van der Waals surface area contributed by atoms with Crippen LogP contribution in [-0.4, -0.2) is 27.5 Å². The Morgan fingerprint density at radius 3 is 2.89 bits per heavy atom. The smallest absolute Gasteiger partial charge is 0.238 e. The van der Waals surface area contributed by atoms with E-state index in [4.69, 9.17) is 5.14 Å². The molecule has 0 bridgehead atoms. The Morgan fingerprint density at radius 1 is 1.50 bits per heavy atom. The molecule has 2 rings (SSSR count). The van der Waals surface area contributed by atoms with Gasteiger partial charge in [0.15, 0.2) is 0 Å². The quantitative estimate of drug-likeness (QED) is 0.755. The maximum Gasteiger partial charge on any atom is 0.238 e. The Balaban J connectivity index is 2.13. The van der Waals surface area contributed by atoms with Gasteiger partial charge in [-0.1, -0.05) is 6.07 Å². The zero-order chi connectivity index (χ0) is 13.2. The molecule has 0 radical (unpaired) electrons.